The second-order valence-electron chi connectivity index (χ2n) is 16.9. The SMILES string of the molecule is CCCCCCC/C=C\C/C=C\C/C=C\CCCCCCCCCCCCCCCCC(=O)NC(CO)C(O)/C=C/CC/C=C/CCCCCCCCCCCC. The molecule has 4 nitrogen and oxygen atoms in total. The van der Waals surface area contributed by atoms with Crippen LogP contribution in [0.3, 0.4) is 0 Å². The predicted molar refractivity (Wildman–Crippen MR) is 253 cm³/mol. The predicted octanol–water partition coefficient (Wildman–Crippen LogP) is 16.1. The number of aliphatic hydroxyl groups is 2. The van der Waals surface area contributed by atoms with Gasteiger partial charge in [0.25, 0.3) is 0 Å². The largest absolute Gasteiger partial charge is 0.394 e. The van der Waals surface area contributed by atoms with Crippen molar-refractivity contribution < 1.29 is 15.0 Å². The highest BCUT2D eigenvalue weighted by Gasteiger charge is 2.17. The molecule has 0 spiro atoms. The van der Waals surface area contributed by atoms with Crippen molar-refractivity contribution in [3.05, 3.63) is 60.8 Å². The molecule has 0 fully saturated rings. The van der Waals surface area contributed by atoms with E-state index in [1.165, 1.54) is 186 Å². The monoisotopic (exact) mass is 796 g/mol. The van der Waals surface area contributed by atoms with Crippen LogP contribution in [0.5, 0.6) is 0 Å². The first-order valence-corrected chi connectivity index (χ1v) is 25.0. The van der Waals surface area contributed by atoms with Gasteiger partial charge in [-0.25, -0.2) is 0 Å². The minimum atomic E-state index is -0.863. The van der Waals surface area contributed by atoms with E-state index in [4.69, 9.17) is 0 Å². The molecule has 0 aromatic carbocycles. The first-order valence-electron chi connectivity index (χ1n) is 25.0. The van der Waals surface area contributed by atoms with Gasteiger partial charge in [0, 0.05) is 6.42 Å². The summed E-state index contributed by atoms with van der Waals surface area (Å²) in [6, 6.07) is -0.641. The minimum absolute atomic E-state index is 0.0749. The van der Waals surface area contributed by atoms with Gasteiger partial charge in [0.2, 0.25) is 5.91 Å². The number of carbonyl (C=O) groups is 1. The maximum atomic E-state index is 12.4. The van der Waals surface area contributed by atoms with Crippen LogP contribution in [0.25, 0.3) is 0 Å². The van der Waals surface area contributed by atoms with Crippen LogP contribution >= 0.6 is 0 Å². The third-order valence-corrected chi connectivity index (χ3v) is 11.2. The molecule has 0 radical (unpaired) electrons. The van der Waals surface area contributed by atoms with Crippen LogP contribution in [0.1, 0.15) is 251 Å². The molecule has 0 saturated heterocycles. The van der Waals surface area contributed by atoms with Gasteiger partial charge >= 0.3 is 0 Å². The van der Waals surface area contributed by atoms with E-state index in [9.17, 15) is 15.0 Å². The van der Waals surface area contributed by atoms with Gasteiger partial charge in [-0.15, -0.1) is 0 Å². The lowest BCUT2D eigenvalue weighted by molar-refractivity contribution is -0.123. The zero-order valence-electron chi connectivity index (χ0n) is 38.1. The average molecular weight is 796 g/mol. The molecular weight excluding hydrogens is 699 g/mol. The summed E-state index contributed by atoms with van der Waals surface area (Å²) in [5, 5.41) is 23.0. The highest BCUT2D eigenvalue weighted by Crippen LogP contribution is 2.15. The number of carbonyl (C=O) groups excluding carboxylic acids is 1. The fraction of sp³-hybridized carbons (Fsp3) is 0.792. The molecule has 0 saturated carbocycles. The van der Waals surface area contributed by atoms with Gasteiger partial charge < -0.3 is 15.5 Å². The number of aliphatic hydroxyl groups excluding tert-OH is 2. The molecule has 332 valence electrons. The van der Waals surface area contributed by atoms with E-state index in [0.717, 1.165) is 44.9 Å². The summed E-state index contributed by atoms with van der Waals surface area (Å²) in [7, 11) is 0. The van der Waals surface area contributed by atoms with Crippen LogP contribution in [0.2, 0.25) is 0 Å². The average Bonchev–Trinajstić information content (AvgIpc) is 3.22. The molecule has 0 aliphatic heterocycles. The first kappa shape index (κ1) is 55.1. The normalized spacial score (nSPS) is 13.4. The molecule has 1 amide bonds. The van der Waals surface area contributed by atoms with Gasteiger partial charge in [0.1, 0.15) is 0 Å². The van der Waals surface area contributed by atoms with Crippen LogP contribution in [0.4, 0.5) is 0 Å². The van der Waals surface area contributed by atoms with E-state index in [0.29, 0.717) is 6.42 Å². The van der Waals surface area contributed by atoms with Gasteiger partial charge in [-0.3, -0.25) is 4.79 Å². The summed E-state index contributed by atoms with van der Waals surface area (Å²) in [5.74, 6) is -0.0749. The topological polar surface area (TPSA) is 69.6 Å². The number of amides is 1. The summed E-state index contributed by atoms with van der Waals surface area (Å²) in [6.07, 6.45) is 67.8. The van der Waals surface area contributed by atoms with Crippen molar-refractivity contribution in [1.82, 2.24) is 5.32 Å². The Balaban J connectivity index is 3.55. The third-order valence-electron chi connectivity index (χ3n) is 11.2. The Morgan fingerprint density at radius 3 is 1.14 bits per heavy atom. The fourth-order valence-corrected chi connectivity index (χ4v) is 7.38. The van der Waals surface area contributed by atoms with E-state index < -0.39 is 12.1 Å². The summed E-state index contributed by atoms with van der Waals surface area (Å²) < 4.78 is 0. The lowest BCUT2D eigenvalue weighted by Gasteiger charge is -2.19. The number of allylic oxidation sites excluding steroid dienone is 9. The maximum Gasteiger partial charge on any atom is 0.220 e. The lowest BCUT2D eigenvalue weighted by atomic mass is 10.0. The number of rotatable bonds is 45. The smallest absolute Gasteiger partial charge is 0.220 e. The van der Waals surface area contributed by atoms with Crippen molar-refractivity contribution in [2.75, 3.05) is 6.61 Å². The Morgan fingerprint density at radius 1 is 0.421 bits per heavy atom. The van der Waals surface area contributed by atoms with Crippen LogP contribution in [-0.4, -0.2) is 34.9 Å². The van der Waals surface area contributed by atoms with Gasteiger partial charge in [-0.2, -0.15) is 0 Å². The van der Waals surface area contributed by atoms with Crippen LogP contribution in [0, 0.1) is 0 Å². The highest BCUT2D eigenvalue weighted by atomic mass is 16.3. The van der Waals surface area contributed by atoms with Crippen molar-refractivity contribution in [2.45, 2.75) is 264 Å². The quantitative estimate of drug-likeness (QED) is 0.0425. The molecule has 0 aromatic heterocycles. The van der Waals surface area contributed by atoms with E-state index >= 15 is 0 Å². The molecular formula is C53H97NO3. The van der Waals surface area contributed by atoms with Crippen molar-refractivity contribution >= 4 is 5.91 Å². The molecule has 3 N–H and O–H groups in total. The molecule has 0 aromatic rings. The summed E-state index contributed by atoms with van der Waals surface area (Å²) in [6.45, 7) is 4.29. The van der Waals surface area contributed by atoms with E-state index in [2.05, 4.69) is 67.8 Å². The molecule has 0 aliphatic rings. The second kappa shape index (κ2) is 48.5. The molecule has 0 heterocycles. The van der Waals surface area contributed by atoms with Gasteiger partial charge in [-0.05, 0) is 70.6 Å². The Morgan fingerprint density at radius 2 is 0.737 bits per heavy atom. The van der Waals surface area contributed by atoms with Gasteiger partial charge in [0.15, 0.2) is 0 Å². The van der Waals surface area contributed by atoms with Crippen molar-refractivity contribution in [1.29, 1.82) is 0 Å². The Labute approximate surface area is 356 Å². The van der Waals surface area contributed by atoms with E-state index in [-0.39, 0.29) is 12.5 Å². The zero-order chi connectivity index (χ0) is 41.4. The molecule has 57 heavy (non-hydrogen) atoms. The summed E-state index contributed by atoms with van der Waals surface area (Å²) >= 11 is 0. The standard InChI is InChI=1S/C53H97NO3/c1-3-5-7-9-11-13-15-17-19-21-22-23-24-25-26-27-28-29-30-31-32-33-35-37-39-41-43-45-47-49-53(57)54-51(50-55)52(56)48-46-44-42-40-38-36-34-20-18-16-14-12-10-8-6-4-2/h15,17,21-22,24-25,38,40,46,48,51-52,55-56H,3-14,16,18-20,23,26-37,39,41-45,47,49-50H2,1-2H3,(H,54,57)/b17-15-,22-21-,25-24-,40-38+,48-46+. The number of hydrogen-bond donors (Lipinski definition) is 3. The van der Waals surface area contributed by atoms with E-state index in [1.54, 1.807) is 6.08 Å². The molecule has 0 aliphatic carbocycles. The summed E-state index contributed by atoms with van der Waals surface area (Å²) in [4.78, 5) is 12.4. The Kier molecular flexibility index (Phi) is 46.8. The molecule has 0 bridgehead atoms. The zero-order valence-corrected chi connectivity index (χ0v) is 38.1. The number of unbranched alkanes of at least 4 members (excludes halogenated alkanes) is 30. The number of hydrogen-bond acceptors (Lipinski definition) is 3. The van der Waals surface area contributed by atoms with Crippen LogP contribution in [0.15, 0.2) is 60.8 Å². The molecule has 0 rings (SSSR count). The molecule has 4 heteroatoms. The lowest BCUT2D eigenvalue weighted by Crippen LogP contribution is -2.45. The first-order chi connectivity index (χ1) is 28.2. The molecule has 2 unspecified atom stereocenters. The molecule has 2 atom stereocenters. The number of nitrogens with one attached hydrogen (secondary N) is 1. The van der Waals surface area contributed by atoms with Crippen molar-refractivity contribution in [3.63, 3.8) is 0 Å². The maximum absolute atomic E-state index is 12.4. The fourth-order valence-electron chi connectivity index (χ4n) is 7.38. The van der Waals surface area contributed by atoms with E-state index in [1.807, 2.05) is 6.08 Å². The highest BCUT2D eigenvalue weighted by molar-refractivity contribution is 5.76. The van der Waals surface area contributed by atoms with Crippen molar-refractivity contribution in [2.24, 2.45) is 0 Å². The van der Waals surface area contributed by atoms with Gasteiger partial charge in [-0.1, -0.05) is 235 Å². The summed E-state index contributed by atoms with van der Waals surface area (Å²) in [5.41, 5.74) is 0. The van der Waals surface area contributed by atoms with Crippen LogP contribution in [-0.2, 0) is 4.79 Å². The Hall–Kier alpha value is -1.91. The van der Waals surface area contributed by atoms with Gasteiger partial charge in [0.05, 0.1) is 18.8 Å². The second-order valence-corrected chi connectivity index (χ2v) is 16.9. The van der Waals surface area contributed by atoms with Crippen molar-refractivity contribution in [3.8, 4) is 0 Å². The Bertz CT molecular complexity index is 950. The van der Waals surface area contributed by atoms with Crippen LogP contribution < -0.4 is 5.32 Å². The third kappa shape index (κ3) is 45.0. The minimum Gasteiger partial charge on any atom is -0.394 e.